The first-order valence-corrected chi connectivity index (χ1v) is 12.8. The maximum absolute atomic E-state index is 13.9. The van der Waals surface area contributed by atoms with E-state index >= 15 is 0 Å². The van der Waals surface area contributed by atoms with Crippen molar-refractivity contribution in [3.8, 4) is 0 Å². The van der Waals surface area contributed by atoms with Gasteiger partial charge < -0.3 is 9.47 Å². The van der Waals surface area contributed by atoms with Gasteiger partial charge in [-0.15, -0.1) is 0 Å². The summed E-state index contributed by atoms with van der Waals surface area (Å²) in [6.07, 6.45) is 2.01. The molecule has 0 radical (unpaired) electrons. The standard InChI is InChI=1S/C32H33NO6/c1-31(2)17-18-32(3,4)26-19-24(15-16-25(26)31)33(27(34)20-7-11-22(12-8-20)29(36)38-5)28(35)21-9-13-23(14-10-21)30(37)39-6/h7-16,19H,17-18H2,1-6H3. The van der Waals surface area contributed by atoms with Crippen molar-refractivity contribution >= 4 is 29.4 Å². The maximum Gasteiger partial charge on any atom is 0.337 e. The number of carbonyl (C=O) groups is 4. The molecule has 0 bridgehead atoms. The normalized spacial score (nSPS) is 15.0. The fraction of sp³-hybridized carbons (Fsp3) is 0.312. The average Bonchev–Trinajstić information content (AvgIpc) is 2.94. The highest BCUT2D eigenvalue weighted by atomic mass is 16.5. The minimum atomic E-state index is -0.540. The van der Waals surface area contributed by atoms with Crippen molar-refractivity contribution in [2.45, 2.75) is 51.4 Å². The van der Waals surface area contributed by atoms with Gasteiger partial charge in [-0.1, -0.05) is 33.8 Å². The number of methoxy groups -OCH3 is 2. The quantitative estimate of drug-likeness (QED) is 0.294. The summed E-state index contributed by atoms with van der Waals surface area (Å²) >= 11 is 0. The summed E-state index contributed by atoms with van der Waals surface area (Å²) in [6.45, 7) is 8.77. The first kappa shape index (κ1) is 27.8. The van der Waals surface area contributed by atoms with Crippen molar-refractivity contribution in [2.75, 3.05) is 19.1 Å². The van der Waals surface area contributed by atoms with E-state index in [1.165, 1.54) is 68.3 Å². The minimum absolute atomic E-state index is 0.0321. The van der Waals surface area contributed by atoms with E-state index in [0.29, 0.717) is 16.8 Å². The third-order valence-electron chi connectivity index (χ3n) is 7.61. The molecule has 0 saturated heterocycles. The molecule has 2 amide bonds. The number of nitrogens with zero attached hydrogens (tertiary/aromatic N) is 1. The molecular formula is C32H33NO6. The molecule has 0 N–H and O–H groups in total. The van der Waals surface area contributed by atoms with Crippen LogP contribution in [0.3, 0.4) is 0 Å². The summed E-state index contributed by atoms with van der Waals surface area (Å²) < 4.78 is 9.50. The Morgan fingerprint density at radius 1 is 0.590 bits per heavy atom. The van der Waals surface area contributed by atoms with Gasteiger partial charge in [0.15, 0.2) is 0 Å². The monoisotopic (exact) mass is 527 g/mol. The highest BCUT2D eigenvalue weighted by molar-refractivity contribution is 6.26. The Kier molecular flexibility index (Phi) is 7.46. The molecule has 202 valence electrons. The number of imide groups is 1. The molecule has 0 spiro atoms. The molecule has 7 nitrogen and oxygen atoms in total. The topological polar surface area (TPSA) is 90.0 Å². The van der Waals surface area contributed by atoms with Crippen LogP contribution in [0.4, 0.5) is 5.69 Å². The van der Waals surface area contributed by atoms with Gasteiger partial charge in [0.05, 0.1) is 31.0 Å². The van der Waals surface area contributed by atoms with Crippen molar-refractivity contribution in [1.82, 2.24) is 0 Å². The van der Waals surface area contributed by atoms with Gasteiger partial charge in [-0.2, -0.15) is 0 Å². The predicted octanol–water partition coefficient (Wildman–Crippen LogP) is 6.10. The van der Waals surface area contributed by atoms with Gasteiger partial charge in [0, 0.05) is 11.1 Å². The molecule has 7 heteroatoms. The Balaban J connectivity index is 1.82. The Hall–Kier alpha value is -4.26. The Morgan fingerprint density at radius 3 is 1.38 bits per heavy atom. The molecule has 1 aliphatic carbocycles. The van der Waals surface area contributed by atoms with E-state index in [1.54, 1.807) is 0 Å². The summed E-state index contributed by atoms with van der Waals surface area (Å²) in [5.41, 5.74) is 3.64. The Labute approximate surface area is 228 Å². The van der Waals surface area contributed by atoms with Crippen molar-refractivity contribution in [2.24, 2.45) is 0 Å². The summed E-state index contributed by atoms with van der Waals surface area (Å²) in [7, 11) is 2.57. The van der Waals surface area contributed by atoms with E-state index in [2.05, 4.69) is 27.7 Å². The van der Waals surface area contributed by atoms with Crippen LogP contribution in [-0.4, -0.2) is 38.0 Å². The molecule has 0 unspecified atom stereocenters. The molecule has 39 heavy (non-hydrogen) atoms. The van der Waals surface area contributed by atoms with Crippen LogP contribution in [0.15, 0.2) is 66.7 Å². The van der Waals surface area contributed by atoms with Gasteiger partial charge in [-0.3, -0.25) is 9.59 Å². The summed E-state index contributed by atoms with van der Waals surface area (Å²) in [5.74, 6) is -2.12. The fourth-order valence-corrected chi connectivity index (χ4v) is 5.03. The smallest absolute Gasteiger partial charge is 0.337 e. The van der Waals surface area contributed by atoms with Crippen LogP contribution in [-0.2, 0) is 20.3 Å². The van der Waals surface area contributed by atoms with Gasteiger partial charge in [0.25, 0.3) is 11.8 Å². The number of esters is 2. The van der Waals surface area contributed by atoms with Gasteiger partial charge in [0.1, 0.15) is 0 Å². The molecule has 3 aromatic carbocycles. The summed E-state index contributed by atoms with van der Waals surface area (Å²) in [6, 6.07) is 17.7. The van der Waals surface area contributed by atoms with Gasteiger partial charge in [0.2, 0.25) is 0 Å². The number of anilines is 1. The number of hydrogen-bond acceptors (Lipinski definition) is 6. The maximum atomic E-state index is 13.9. The lowest BCUT2D eigenvalue weighted by Crippen LogP contribution is -2.38. The number of carbonyl (C=O) groups excluding carboxylic acids is 4. The molecule has 0 aliphatic heterocycles. The van der Waals surface area contributed by atoms with Crippen LogP contribution >= 0.6 is 0 Å². The van der Waals surface area contributed by atoms with Crippen molar-refractivity contribution in [1.29, 1.82) is 0 Å². The highest BCUT2D eigenvalue weighted by Crippen LogP contribution is 2.47. The second-order valence-corrected chi connectivity index (χ2v) is 11.1. The largest absolute Gasteiger partial charge is 0.465 e. The molecule has 1 aliphatic rings. The number of hydrogen-bond donors (Lipinski definition) is 0. The van der Waals surface area contributed by atoms with Crippen LogP contribution in [0.2, 0.25) is 0 Å². The van der Waals surface area contributed by atoms with Crippen LogP contribution < -0.4 is 4.90 Å². The zero-order valence-electron chi connectivity index (χ0n) is 23.2. The van der Waals surface area contributed by atoms with E-state index in [4.69, 9.17) is 9.47 Å². The van der Waals surface area contributed by atoms with E-state index in [0.717, 1.165) is 23.3 Å². The van der Waals surface area contributed by atoms with Gasteiger partial charge in [-0.05, 0) is 95.5 Å². The summed E-state index contributed by atoms with van der Waals surface area (Å²) in [4.78, 5) is 52.7. The van der Waals surface area contributed by atoms with E-state index in [1.807, 2.05) is 18.2 Å². The van der Waals surface area contributed by atoms with Crippen molar-refractivity contribution in [3.63, 3.8) is 0 Å². The van der Waals surface area contributed by atoms with Crippen LogP contribution in [0.5, 0.6) is 0 Å². The van der Waals surface area contributed by atoms with Gasteiger partial charge in [-0.25, -0.2) is 14.5 Å². The minimum Gasteiger partial charge on any atom is -0.465 e. The van der Waals surface area contributed by atoms with E-state index in [-0.39, 0.29) is 22.0 Å². The van der Waals surface area contributed by atoms with E-state index in [9.17, 15) is 19.2 Å². The lowest BCUT2D eigenvalue weighted by molar-refractivity contribution is 0.0592. The van der Waals surface area contributed by atoms with Crippen molar-refractivity contribution < 1.29 is 28.7 Å². The molecule has 0 fully saturated rings. The third kappa shape index (κ3) is 5.35. The highest BCUT2D eigenvalue weighted by Gasteiger charge is 2.38. The van der Waals surface area contributed by atoms with Crippen LogP contribution in [0.25, 0.3) is 0 Å². The van der Waals surface area contributed by atoms with Crippen LogP contribution in [0.1, 0.15) is 93.1 Å². The third-order valence-corrected chi connectivity index (χ3v) is 7.61. The predicted molar refractivity (Wildman–Crippen MR) is 148 cm³/mol. The zero-order chi connectivity index (χ0) is 28.5. The number of ether oxygens (including phenoxy) is 2. The molecule has 4 rings (SSSR count). The first-order valence-electron chi connectivity index (χ1n) is 12.8. The molecular weight excluding hydrogens is 494 g/mol. The van der Waals surface area contributed by atoms with Crippen molar-refractivity contribution in [3.05, 3.63) is 100 Å². The number of rotatable bonds is 5. The Morgan fingerprint density at radius 2 is 0.974 bits per heavy atom. The number of amides is 2. The first-order chi connectivity index (χ1) is 18.4. The second-order valence-electron chi connectivity index (χ2n) is 11.1. The fourth-order valence-electron chi connectivity index (χ4n) is 5.03. The SMILES string of the molecule is COC(=O)c1ccc(C(=O)N(C(=O)c2ccc(C(=O)OC)cc2)c2ccc3c(c2)C(C)(C)CCC3(C)C)cc1. The average molecular weight is 528 g/mol. The molecule has 0 saturated carbocycles. The Bertz CT molecular complexity index is 1360. The zero-order valence-corrected chi connectivity index (χ0v) is 23.2. The lowest BCUT2D eigenvalue weighted by Gasteiger charge is -2.42. The molecule has 0 heterocycles. The lowest BCUT2D eigenvalue weighted by atomic mass is 9.63. The van der Waals surface area contributed by atoms with Gasteiger partial charge >= 0.3 is 11.9 Å². The molecule has 0 atom stereocenters. The van der Waals surface area contributed by atoms with Crippen LogP contribution in [0, 0.1) is 0 Å². The molecule has 0 aromatic heterocycles. The second kappa shape index (κ2) is 10.5. The molecule has 3 aromatic rings. The summed E-state index contributed by atoms with van der Waals surface area (Å²) in [5, 5.41) is 0. The number of fused-ring (bicyclic) bond motifs is 1. The van der Waals surface area contributed by atoms with E-state index < -0.39 is 23.8 Å². The number of benzene rings is 3.